The van der Waals surface area contributed by atoms with Crippen LogP contribution in [0, 0.1) is 10.1 Å². The first-order valence-corrected chi connectivity index (χ1v) is 9.36. The Morgan fingerprint density at radius 2 is 1.73 bits per heavy atom. The average molecular weight is 420 g/mol. The van der Waals surface area contributed by atoms with E-state index in [1.54, 1.807) is 0 Å². The second kappa shape index (κ2) is 9.84. The second-order valence-corrected chi connectivity index (χ2v) is 7.56. The Morgan fingerprint density at radius 1 is 1.08 bits per heavy atom. The highest BCUT2D eigenvalue weighted by molar-refractivity contribution is 7.89. The minimum atomic E-state index is -4.16. The standard InChI is InChI=1S/C16H18ClN3O4S.ClH/c17-14-7-4-8-15(20(21)22)16(14)25(23,24)19(12-10-18)11-9-13-5-2-1-3-6-13;/h1-8H,9-12,18H2;1H. The minimum absolute atomic E-state index is 0. The highest BCUT2D eigenvalue weighted by Crippen LogP contribution is 2.33. The molecule has 7 nitrogen and oxygen atoms in total. The van der Waals surface area contributed by atoms with E-state index in [0.29, 0.717) is 6.42 Å². The first kappa shape index (κ1) is 22.3. The Balaban J connectivity index is 0.00000338. The van der Waals surface area contributed by atoms with Gasteiger partial charge in [-0.1, -0.05) is 48.0 Å². The van der Waals surface area contributed by atoms with E-state index in [0.717, 1.165) is 15.9 Å². The van der Waals surface area contributed by atoms with Crippen molar-refractivity contribution >= 4 is 39.7 Å². The van der Waals surface area contributed by atoms with E-state index in [4.69, 9.17) is 17.3 Å². The lowest BCUT2D eigenvalue weighted by Gasteiger charge is -2.22. The van der Waals surface area contributed by atoms with Crippen molar-refractivity contribution in [3.63, 3.8) is 0 Å². The van der Waals surface area contributed by atoms with E-state index >= 15 is 0 Å². The first-order chi connectivity index (χ1) is 11.9. The number of nitro benzene ring substituents is 1. The van der Waals surface area contributed by atoms with Crippen LogP contribution < -0.4 is 5.73 Å². The Hall–Kier alpha value is -1.71. The predicted molar refractivity (Wildman–Crippen MR) is 103 cm³/mol. The zero-order chi connectivity index (χ0) is 18.4. The molecule has 0 amide bonds. The van der Waals surface area contributed by atoms with Gasteiger partial charge >= 0.3 is 0 Å². The highest BCUT2D eigenvalue weighted by Gasteiger charge is 2.33. The molecule has 2 rings (SSSR count). The zero-order valence-corrected chi connectivity index (χ0v) is 16.1. The largest absolute Gasteiger partial charge is 0.329 e. The van der Waals surface area contributed by atoms with Gasteiger partial charge in [0.05, 0.1) is 9.95 Å². The highest BCUT2D eigenvalue weighted by atomic mass is 35.5. The number of nitrogens with two attached hydrogens (primary N) is 1. The van der Waals surface area contributed by atoms with Crippen LogP contribution in [0.5, 0.6) is 0 Å². The Labute approximate surface area is 163 Å². The van der Waals surface area contributed by atoms with Gasteiger partial charge in [0.2, 0.25) is 0 Å². The van der Waals surface area contributed by atoms with Crippen molar-refractivity contribution in [2.24, 2.45) is 5.73 Å². The molecule has 2 aromatic carbocycles. The number of benzene rings is 2. The molecule has 26 heavy (non-hydrogen) atoms. The zero-order valence-electron chi connectivity index (χ0n) is 13.7. The van der Waals surface area contributed by atoms with Crippen molar-refractivity contribution in [3.8, 4) is 0 Å². The van der Waals surface area contributed by atoms with Gasteiger partial charge in [-0.2, -0.15) is 4.31 Å². The molecule has 0 bridgehead atoms. The number of nitro groups is 1. The fourth-order valence-corrected chi connectivity index (χ4v) is 4.54. The molecule has 10 heteroatoms. The first-order valence-electron chi connectivity index (χ1n) is 7.55. The number of hydrogen-bond acceptors (Lipinski definition) is 5. The van der Waals surface area contributed by atoms with Crippen LogP contribution in [0.25, 0.3) is 0 Å². The smallest absolute Gasteiger partial charge is 0.290 e. The van der Waals surface area contributed by atoms with Crippen molar-refractivity contribution in [2.45, 2.75) is 11.3 Å². The maximum absolute atomic E-state index is 13.0. The van der Waals surface area contributed by atoms with Gasteiger partial charge in [-0.3, -0.25) is 10.1 Å². The third-order valence-corrected chi connectivity index (χ3v) is 6.03. The molecule has 0 radical (unpaired) electrons. The monoisotopic (exact) mass is 419 g/mol. The molecule has 0 atom stereocenters. The summed E-state index contributed by atoms with van der Waals surface area (Å²) in [5, 5.41) is 11.0. The van der Waals surface area contributed by atoms with Crippen LogP contribution in [-0.2, 0) is 16.4 Å². The molecule has 0 saturated heterocycles. The van der Waals surface area contributed by atoms with Crippen LogP contribution in [-0.4, -0.2) is 37.3 Å². The van der Waals surface area contributed by atoms with Crippen molar-refractivity contribution in [2.75, 3.05) is 19.6 Å². The van der Waals surface area contributed by atoms with Crippen LogP contribution in [0.2, 0.25) is 5.02 Å². The van der Waals surface area contributed by atoms with Gasteiger partial charge in [0, 0.05) is 25.7 Å². The number of halogens is 2. The summed E-state index contributed by atoms with van der Waals surface area (Å²) < 4.78 is 27.1. The Kier molecular flexibility index (Phi) is 8.45. The van der Waals surface area contributed by atoms with Gasteiger partial charge in [0.1, 0.15) is 0 Å². The molecule has 0 aliphatic heterocycles. The van der Waals surface area contributed by atoms with Crippen LogP contribution in [0.1, 0.15) is 5.56 Å². The predicted octanol–water partition coefficient (Wildman–Crippen LogP) is 2.86. The van der Waals surface area contributed by atoms with Gasteiger partial charge in [-0.05, 0) is 18.1 Å². The molecule has 0 unspecified atom stereocenters. The van der Waals surface area contributed by atoms with Crippen LogP contribution in [0.4, 0.5) is 5.69 Å². The number of hydrogen-bond donors (Lipinski definition) is 1. The molecular weight excluding hydrogens is 401 g/mol. The maximum Gasteiger partial charge on any atom is 0.290 e. The molecule has 0 fully saturated rings. The molecule has 0 aliphatic rings. The minimum Gasteiger partial charge on any atom is -0.329 e. The van der Waals surface area contributed by atoms with Gasteiger partial charge in [-0.15, -0.1) is 12.4 Å². The van der Waals surface area contributed by atoms with Crippen molar-refractivity contribution < 1.29 is 13.3 Å². The summed E-state index contributed by atoms with van der Waals surface area (Å²) >= 11 is 5.98. The summed E-state index contributed by atoms with van der Waals surface area (Å²) in [6.45, 7) is 0.274. The van der Waals surface area contributed by atoms with Crippen molar-refractivity contribution in [3.05, 3.63) is 69.2 Å². The quantitative estimate of drug-likeness (QED) is 0.522. The number of rotatable bonds is 8. The van der Waals surface area contributed by atoms with E-state index in [1.807, 2.05) is 30.3 Å². The van der Waals surface area contributed by atoms with Crippen molar-refractivity contribution in [1.82, 2.24) is 4.31 Å². The van der Waals surface area contributed by atoms with Gasteiger partial charge in [0.25, 0.3) is 15.7 Å². The Bertz CT molecular complexity index is 848. The van der Waals surface area contributed by atoms with Gasteiger partial charge < -0.3 is 5.73 Å². The summed E-state index contributed by atoms with van der Waals surface area (Å²) in [5.74, 6) is 0. The lowest BCUT2D eigenvalue weighted by Crippen LogP contribution is -2.37. The molecule has 0 saturated carbocycles. The number of sulfonamides is 1. The van der Waals surface area contributed by atoms with Crippen LogP contribution in [0.3, 0.4) is 0 Å². The van der Waals surface area contributed by atoms with E-state index < -0.39 is 25.5 Å². The van der Waals surface area contributed by atoms with Gasteiger partial charge in [0.15, 0.2) is 4.90 Å². The third kappa shape index (κ3) is 5.15. The van der Waals surface area contributed by atoms with Gasteiger partial charge in [-0.25, -0.2) is 8.42 Å². The maximum atomic E-state index is 13.0. The van der Waals surface area contributed by atoms with Crippen molar-refractivity contribution in [1.29, 1.82) is 0 Å². The van der Waals surface area contributed by atoms with E-state index in [1.165, 1.54) is 12.1 Å². The van der Waals surface area contributed by atoms with Crippen LogP contribution in [0.15, 0.2) is 53.4 Å². The summed E-state index contributed by atoms with van der Waals surface area (Å²) in [7, 11) is -4.16. The normalized spacial score (nSPS) is 11.2. The summed E-state index contributed by atoms with van der Waals surface area (Å²) in [6, 6.07) is 13.1. The average Bonchev–Trinajstić information content (AvgIpc) is 2.58. The summed E-state index contributed by atoms with van der Waals surface area (Å²) in [5.41, 5.74) is 5.94. The molecule has 0 aliphatic carbocycles. The second-order valence-electron chi connectivity index (χ2n) is 5.27. The molecule has 2 aromatic rings. The lowest BCUT2D eigenvalue weighted by atomic mass is 10.1. The van der Waals surface area contributed by atoms with E-state index in [2.05, 4.69) is 0 Å². The summed E-state index contributed by atoms with van der Waals surface area (Å²) in [4.78, 5) is 9.97. The fraction of sp³-hybridized carbons (Fsp3) is 0.250. The molecule has 2 N–H and O–H groups in total. The molecular formula is C16H19Cl2N3O4S. The fourth-order valence-electron chi connectivity index (χ4n) is 2.42. The SMILES string of the molecule is Cl.NCCN(CCc1ccccc1)S(=O)(=O)c1c(Cl)cccc1[N+](=O)[O-]. The molecule has 142 valence electrons. The molecule has 0 spiro atoms. The van der Waals surface area contributed by atoms with Crippen LogP contribution >= 0.6 is 24.0 Å². The van der Waals surface area contributed by atoms with E-state index in [9.17, 15) is 18.5 Å². The molecule has 0 aromatic heterocycles. The topological polar surface area (TPSA) is 107 Å². The lowest BCUT2D eigenvalue weighted by molar-refractivity contribution is -0.387. The Morgan fingerprint density at radius 3 is 2.31 bits per heavy atom. The summed E-state index contributed by atoms with van der Waals surface area (Å²) in [6.07, 6.45) is 0.457. The van der Waals surface area contributed by atoms with E-state index in [-0.39, 0.29) is 37.1 Å². The third-order valence-electron chi connectivity index (χ3n) is 3.61. The molecule has 0 heterocycles. The number of nitrogens with zero attached hydrogens (tertiary/aromatic N) is 2.